The molecule has 190 valence electrons. The van der Waals surface area contributed by atoms with Gasteiger partial charge in [0.05, 0.1) is 18.3 Å². The van der Waals surface area contributed by atoms with E-state index in [4.69, 9.17) is 0 Å². The summed E-state index contributed by atoms with van der Waals surface area (Å²) in [5, 5.41) is 19.6. The molecule has 0 saturated carbocycles. The molecule has 0 amide bonds. The Labute approximate surface area is 200 Å². The average molecular weight is 510 g/mol. The zero-order valence-corrected chi connectivity index (χ0v) is 18.5. The van der Waals surface area contributed by atoms with Crippen molar-refractivity contribution in [1.82, 2.24) is 29.1 Å². The van der Waals surface area contributed by atoms with E-state index in [9.17, 15) is 31.9 Å². The molecule has 2 heterocycles. The number of aliphatic hydroxyl groups is 1. The van der Waals surface area contributed by atoms with Gasteiger partial charge < -0.3 is 9.84 Å². The molecule has 0 unspecified atom stereocenters. The quantitative estimate of drug-likeness (QED) is 0.348. The molecule has 0 radical (unpaired) electrons. The molecular formula is C22H19F5N6O3. The van der Waals surface area contributed by atoms with Crippen LogP contribution in [-0.2, 0) is 12.1 Å². The number of alkyl halides is 4. The molecule has 0 aliphatic carbocycles. The first-order chi connectivity index (χ1) is 17.0. The van der Waals surface area contributed by atoms with Crippen LogP contribution < -0.4 is 10.4 Å². The van der Waals surface area contributed by atoms with Gasteiger partial charge in [-0.15, -0.1) is 0 Å². The molecule has 4 rings (SSSR count). The smallest absolute Gasteiger partial charge is 0.428 e. The minimum Gasteiger partial charge on any atom is -0.428 e. The monoisotopic (exact) mass is 510 g/mol. The Morgan fingerprint density at radius 3 is 2.36 bits per heavy atom. The van der Waals surface area contributed by atoms with E-state index in [1.807, 2.05) is 0 Å². The molecule has 0 bridgehead atoms. The maximum absolute atomic E-state index is 14.7. The van der Waals surface area contributed by atoms with E-state index in [2.05, 4.69) is 19.9 Å². The minimum atomic E-state index is -4.68. The van der Waals surface area contributed by atoms with Crippen LogP contribution in [0.2, 0.25) is 0 Å². The first-order valence-electron chi connectivity index (χ1n) is 10.4. The van der Waals surface area contributed by atoms with Gasteiger partial charge in [-0.25, -0.2) is 18.9 Å². The van der Waals surface area contributed by atoms with Crippen molar-refractivity contribution in [3.63, 3.8) is 0 Å². The molecule has 2 aromatic carbocycles. The summed E-state index contributed by atoms with van der Waals surface area (Å²) in [7, 11) is 0. The lowest BCUT2D eigenvalue weighted by molar-refractivity contribution is -0.253. The van der Waals surface area contributed by atoms with Crippen molar-refractivity contribution in [2.45, 2.75) is 37.6 Å². The highest BCUT2D eigenvalue weighted by Gasteiger charge is 2.44. The zero-order valence-electron chi connectivity index (χ0n) is 18.5. The highest BCUT2D eigenvalue weighted by molar-refractivity contribution is 5.36. The first-order valence-corrected chi connectivity index (χ1v) is 10.4. The Balaban J connectivity index is 1.67. The van der Waals surface area contributed by atoms with Gasteiger partial charge >= 0.3 is 18.2 Å². The molecule has 2 aromatic heterocycles. The molecule has 0 fully saturated rings. The summed E-state index contributed by atoms with van der Waals surface area (Å²) in [4.78, 5) is 17.0. The standard InChI is InChI=1S/C22H19F5N6O3/c1-14(21(35,10-31-12-28-11-29-31)17-4-2-3-5-18(17)23)32-13-30-33(20(32)34)15-6-8-16(9-7-15)36-22(26,27)19(24)25/h2-9,11-14,19,35H,10H2,1H3/t14-,21-/m1/s1. The Morgan fingerprint density at radius 1 is 1.06 bits per heavy atom. The minimum absolute atomic E-state index is 0.0888. The van der Waals surface area contributed by atoms with Crippen molar-refractivity contribution in [3.05, 3.63) is 89.4 Å². The first kappa shape index (κ1) is 25.0. The lowest BCUT2D eigenvalue weighted by Gasteiger charge is -2.34. The van der Waals surface area contributed by atoms with Crippen molar-refractivity contribution >= 4 is 0 Å². The van der Waals surface area contributed by atoms with Gasteiger partial charge in [-0.1, -0.05) is 18.2 Å². The molecule has 0 aliphatic rings. The van der Waals surface area contributed by atoms with Crippen molar-refractivity contribution in [3.8, 4) is 11.4 Å². The van der Waals surface area contributed by atoms with Crippen molar-refractivity contribution < 1.29 is 31.8 Å². The zero-order chi connectivity index (χ0) is 26.1. The third-order valence-corrected chi connectivity index (χ3v) is 5.60. The lowest BCUT2D eigenvalue weighted by atomic mass is 9.86. The number of aromatic nitrogens is 6. The number of nitrogens with zero attached hydrogens (tertiary/aromatic N) is 6. The topological polar surface area (TPSA) is 100.0 Å². The van der Waals surface area contributed by atoms with Crippen LogP contribution in [-0.4, -0.2) is 46.8 Å². The van der Waals surface area contributed by atoms with Crippen molar-refractivity contribution in [1.29, 1.82) is 0 Å². The largest absolute Gasteiger partial charge is 0.461 e. The molecular weight excluding hydrogens is 491 g/mol. The molecule has 0 saturated heterocycles. The average Bonchev–Trinajstić information content (AvgIpc) is 3.48. The SMILES string of the molecule is C[C@@H](n1cnn(-c2ccc(OC(F)(F)C(F)F)cc2)c1=O)[C@](O)(Cn1cncn1)c1ccccc1F. The summed E-state index contributed by atoms with van der Waals surface area (Å²) in [6, 6.07) is 8.74. The molecule has 0 aliphatic heterocycles. The maximum Gasteiger partial charge on any atom is 0.461 e. The molecule has 36 heavy (non-hydrogen) atoms. The van der Waals surface area contributed by atoms with Gasteiger partial charge in [0.1, 0.15) is 36.1 Å². The van der Waals surface area contributed by atoms with Crippen LogP contribution in [0.3, 0.4) is 0 Å². The predicted molar refractivity (Wildman–Crippen MR) is 114 cm³/mol. The Bertz CT molecular complexity index is 1370. The van der Waals surface area contributed by atoms with Gasteiger partial charge in [-0.3, -0.25) is 4.57 Å². The number of hydrogen-bond acceptors (Lipinski definition) is 6. The molecule has 14 heteroatoms. The Kier molecular flexibility index (Phi) is 6.63. The summed E-state index contributed by atoms with van der Waals surface area (Å²) in [6.07, 6.45) is -5.03. The van der Waals surface area contributed by atoms with E-state index in [-0.39, 0.29) is 17.8 Å². The van der Waals surface area contributed by atoms with Crippen LogP contribution in [0.4, 0.5) is 22.0 Å². The summed E-state index contributed by atoms with van der Waals surface area (Å²) in [5.74, 6) is -1.25. The van der Waals surface area contributed by atoms with Gasteiger partial charge in [0.15, 0.2) is 0 Å². The van der Waals surface area contributed by atoms with E-state index < -0.39 is 41.4 Å². The third-order valence-electron chi connectivity index (χ3n) is 5.60. The highest BCUT2D eigenvalue weighted by atomic mass is 19.3. The summed E-state index contributed by atoms with van der Waals surface area (Å²) in [5.41, 5.74) is -2.71. The van der Waals surface area contributed by atoms with Crippen LogP contribution in [0.1, 0.15) is 18.5 Å². The maximum atomic E-state index is 14.7. The highest BCUT2D eigenvalue weighted by Crippen LogP contribution is 2.36. The lowest BCUT2D eigenvalue weighted by Crippen LogP contribution is -2.43. The summed E-state index contributed by atoms with van der Waals surface area (Å²) < 4.78 is 72.9. The number of hydrogen-bond donors (Lipinski definition) is 1. The molecule has 0 spiro atoms. The van der Waals surface area contributed by atoms with Gasteiger partial charge in [0, 0.05) is 5.56 Å². The van der Waals surface area contributed by atoms with Crippen LogP contribution in [0, 0.1) is 5.82 Å². The molecule has 1 N–H and O–H groups in total. The van der Waals surface area contributed by atoms with Crippen LogP contribution in [0.5, 0.6) is 5.75 Å². The fourth-order valence-electron chi connectivity index (χ4n) is 3.66. The van der Waals surface area contributed by atoms with Crippen LogP contribution >= 0.6 is 0 Å². The fourth-order valence-corrected chi connectivity index (χ4v) is 3.66. The van der Waals surface area contributed by atoms with E-state index in [0.29, 0.717) is 0 Å². The van der Waals surface area contributed by atoms with E-state index in [1.165, 1.54) is 60.7 Å². The predicted octanol–water partition coefficient (Wildman–Crippen LogP) is 3.15. The van der Waals surface area contributed by atoms with Crippen molar-refractivity contribution in [2.24, 2.45) is 0 Å². The number of ether oxygens (including phenoxy) is 1. The van der Waals surface area contributed by atoms with E-state index >= 15 is 0 Å². The summed E-state index contributed by atoms with van der Waals surface area (Å²) in [6.45, 7) is 1.23. The van der Waals surface area contributed by atoms with Gasteiger partial charge in [0.25, 0.3) is 0 Å². The second kappa shape index (κ2) is 9.53. The van der Waals surface area contributed by atoms with Gasteiger partial charge in [-0.2, -0.15) is 32.4 Å². The van der Waals surface area contributed by atoms with E-state index in [0.717, 1.165) is 27.7 Å². The normalized spacial score (nSPS) is 14.6. The number of rotatable bonds is 9. The second-order valence-corrected chi connectivity index (χ2v) is 7.86. The summed E-state index contributed by atoms with van der Waals surface area (Å²) >= 11 is 0. The van der Waals surface area contributed by atoms with Crippen molar-refractivity contribution in [2.75, 3.05) is 0 Å². The Hall–Kier alpha value is -4.07. The van der Waals surface area contributed by atoms with Gasteiger partial charge in [0.2, 0.25) is 0 Å². The third kappa shape index (κ3) is 4.71. The second-order valence-electron chi connectivity index (χ2n) is 7.86. The fraction of sp³-hybridized carbons (Fsp3) is 0.273. The number of benzene rings is 2. The molecule has 2 atom stereocenters. The van der Waals surface area contributed by atoms with Crippen LogP contribution in [0.25, 0.3) is 5.69 Å². The molecule has 9 nitrogen and oxygen atoms in total. The van der Waals surface area contributed by atoms with Gasteiger partial charge in [-0.05, 0) is 37.3 Å². The van der Waals surface area contributed by atoms with E-state index in [1.54, 1.807) is 0 Å². The molecule has 4 aromatic rings. The number of halogens is 5. The van der Waals surface area contributed by atoms with Crippen LogP contribution in [0.15, 0.2) is 72.3 Å². The Morgan fingerprint density at radius 2 is 1.75 bits per heavy atom.